The highest BCUT2D eigenvalue weighted by molar-refractivity contribution is 7.89. The predicted molar refractivity (Wildman–Crippen MR) is 105 cm³/mol. The van der Waals surface area contributed by atoms with Crippen LogP contribution in [0.25, 0.3) is 0 Å². The third-order valence-corrected chi connectivity index (χ3v) is 5.96. The van der Waals surface area contributed by atoms with E-state index < -0.39 is 28.7 Å². The van der Waals surface area contributed by atoms with Gasteiger partial charge in [0.15, 0.2) is 0 Å². The Bertz CT molecular complexity index is 944. The normalized spacial score (nSPS) is 12.2. The Balaban J connectivity index is 1.83. The number of benzene rings is 2. The van der Waals surface area contributed by atoms with Crippen molar-refractivity contribution in [2.75, 3.05) is 20.2 Å². The van der Waals surface area contributed by atoms with E-state index in [1.807, 2.05) is 6.92 Å². The van der Waals surface area contributed by atoms with Crippen LogP contribution in [0, 0.1) is 6.92 Å². The summed E-state index contributed by atoms with van der Waals surface area (Å²) >= 11 is 0. The third kappa shape index (κ3) is 7.43. The standard InChI is InChI=1S/C20H23F3N2O4S/c1-15-3-9-18(10-4-15)30(27,28)25(2)12-19(26)24-11-16-5-7-17(8-6-16)13-29-14-20(21,22)23/h3-10H,11-14H2,1-2H3,(H,24,26). The Morgan fingerprint density at radius 3 is 2.17 bits per heavy atom. The summed E-state index contributed by atoms with van der Waals surface area (Å²) in [5.41, 5.74) is 2.21. The Labute approximate surface area is 173 Å². The number of hydrogen-bond acceptors (Lipinski definition) is 4. The summed E-state index contributed by atoms with van der Waals surface area (Å²) < 4.78 is 66.8. The first kappa shape index (κ1) is 23.8. The Morgan fingerprint density at radius 2 is 1.60 bits per heavy atom. The second-order valence-electron chi connectivity index (χ2n) is 6.78. The summed E-state index contributed by atoms with van der Waals surface area (Å²) in [6.07, 6.45) is -4.37. The molecule has 0 aromatic heterocycles. The van der Waals surface area contributed by atoms with Crippen LogP contribution in [0.1, 0.15) is 16.7 Å². The Hall–Kier alpha value is -2.43. The van der Waals surface area contributed by atoms with Crippen LogP contribution in [0.15, 0.2) is 53.4 Å². The van der Waals surface area contributed by atoms with Crippen LogP contribution in [0.5, 0.6) is 0 Å². The molecule has 0 saturated heterocycles. The molecular weight excluding hydrogens is 421 g/mol. The van der Waals surface area contributed by atoms with E-state index >= 15 is 0 Å². The highest BCUT2D eigenvalue weighted by atomic mass is 32.2. The summed E-state index contributed by atoms with van der Waals surface area (Å²) in [6.45, 7) is 0.161. The first-order chi connectivity index (χ1) is 14.0. The number of hydrogen-bond donors (Lipinski definition) is 1. The number of carbonyl (C=O) groups is 1. The molecule has 1 amide bonds. The van der Waals surface area contributed by atoms with Gasteiger partial charge >= 0.3 is 6.18 Å². The molecule has 2 aromatic rings. The average Bonchev–Trinajstić information content (AvgIpc) is 2.66. The van der Waals surface area contributed by atoms with Crippen molar-refractivity contribution in [1.29, 1.82) is 0 Å². The van der Waals surface area contributed by atoms with Crippen molar-refractivity contribution >= 4 is 15.9 Å². The number of rotatable bonds is 9. The van der Waals surface area contributed by atoms with Crippen molar-refractivity contribution in [2.24, 2.45) is 0 Å². The van der Waals surface area contributed by atoms with Crippen LogP contribution in [0.2, 0.25) is 0 Å². The van der Waals surface area contributed by atoms with E-state index in [1.54, 1.807) is 36.4 Å². The van der Waals surface area contributed by atoms with Crippen molar-refractivity contribution in [3.63, 3.8) is 0 Å². The molecule has 0 fully saturated rings. The fourth-order valence-electron chi connectivity index (χ4n) is 2.47. The van der Waals surface area contributed by atoms with Gasteiger partial charge in [0.1, 0.15) is 6.61 Å². The summed E-state index contributed by atoms with van der Waals surface area (Å²) in [5, 5.41) is 2.62. The molecule has 0 aliphatic carbocycles. The minimum absolute atomic E-state index is 0.103. The molecule has 0 radical (unpaired) electrons. The van der Waals surface area contributed by atoms with Gasteiger partial charge in [0.2, 0.25) is 15.9 Å². The molecule has 0 saturated carbocycles. The van der Waals surface area contributed by atoms with Gasteiger partial charge in [-0.25, -0.2) is 8.42 Å². The lowest BCUT2D eigenvalue weighted by Crippen LogP contribution is -2.38. The lowest BCUT2D eigenvalue weighted by molar-refractivity contribution is -0.176. The first-order valence-corrected chi connectivity index (χ1v) is 10.4. The van der Waals surface area contributed by atoms with E-state index in [-0.39, 0.29) is 24.6 Å². The van der Waals surface area contributed by atoms with Crippen LogP contribution in [0.4, 0.5) is 13.2 Å². The maximum Gasteiger partial charge on any atom is 0.411 e. The molecular formula is C20H23F3N2O4S. The quantitative estimate of drug-likeness (QED) is 0.645. The number of likely N-dealkylation sites (N-methyl/N-ethyl adjacent to an activating group) is 1. The monoisotopic (exact) mass is 444 g/mol. The lowest BCUT2D eigenvalue weighted by atomic mass is 10.1. The summed E-state index contributed by atoms with van der Waals surface area (Å²) in [6, 6.07) is 12.8. The van der Waals surface area contributed by atoms with Crippen molar-refractivity contribution in [1.82, 2.24) is 9.62 Å². The van der Waals surface area contributed by atoms with E-state index in [1.165, 1.54) is 19.2 Å². The van der Waals surface area contributed by atoms with Gasteiger partial charge in [-0.05, 0) is 30.2 Å². The van der Waals surface area contributed by atoms with Crippen LogP contribution < -0.4 is 5.32 Å². The molecule has 0 unspecified atom stereocenters. The molecule has 0 spiro atoms. The maximum atomic E-state index is 12.5. The molecule has 2 aromatic carbocycles. The van der Waals surface area contributed by atoms with E-state index in [9.17, 15) is 26.4 Å². The second-order valence-corrected chi connectivity index (χ2v) is 8.82. The van der Waals surface area contributed by atoms with E-state index in [0.717, 1.165) is 9.87 Å². The summed E-state index contributed by atoms with van der Waals surface area (Å²) in [5.74, 6) is -0.481. The zero-order valence-electron chi connectivity index (χ0n) is 16.6. The van der Waals surface area contributed by atoms with Gasteiger partial charge in [-0.1, -0.05) is 42.0 Å². The fraction of sp³-hybridized carbons (Fsp3) is 0.350. The molecule has 0 atom stereocenters. The highest BCUT2D eigenvalue weighted by Crippen LogP contribution is 2.16. The third-order valence-electron chi connectivity index (χ3n) is 4.14. The molecule has 0 bridgehead atoms. The molecule has 164 valence electrons. The van der Waals surface area contributed by atoms with Crippen molar-refractivity contribution in [3.05, 3.63) is 65.2 Å². The van der Waals surface area contributed by atoms with Gasteiger partial charge in [-0.15, -0.1) is 0 Å². The minimum atomic E-state index is -4.37. The number of ether oxygens (including phenoxy) is 1. The van der Waals surface area contributed by atoms with Crippen molar-refractivity contribution in [3.8, 4) is 0 Å². The molecule has 0 aliphatic heterocycles. The smallest absolute Gasteiger partial charge is 0.367 e. The molecule has 30 heavy (non-hydrogen) atoms. The average molecular weight is 444 g/mol. The van der Waals surface area contributed by atoms with E-state index in [4.69, 9.17) is 0 Å². The van der Waals surface area contributed by atoms with Crippen LogP contribution in [-0.2, 0) is 32.7 Å². The van der Waals surface area contributed by atoms with Gasteiger partial charge in [-0.2, -0.15) is 17.5 Å². The zero-order valence-corrected chi connectivity index (χ0v) is 17.4. The number of alkyl halides is 3. The molecule has 10 heteroatoms. The SMILES string of the molecule is Cc1ccc(S(=O)(=O)N(C)CC(=O)NCc2ccc(COCC(F)(F)F)cc2)cc1. The lowest BCUT2D eigenvalue weighted by Gasteiger charge is -2.17. The summed E-state index contributed by atoms with van der Waals surface area (Å²) in [4.78, 5) is 12.2. The Morgan fingerprint density at radius 1 is 1.03 bits per heavy atom. The van der Waals surface area contributed by atoms with Crippen LogP contribution in [0.3, 0.4) is 0 Å². The van der Waals surface area contributed by atoms with Gasteiger partial charge in [0.25, 0.3) is 0 Å². The number of nitrogens with zero attached hydrogens (tertiary/aromatic N) is 1. The van der Waals surface area contributed by atoms with Gasteiger partial charge in [-0.3, -0.25) is 4.79 Å². The zero-order chi connectivity index (χ0) is 22.4. The van der Waals surface area contributed by atoms with Gasteiger partial charge < -0.3 is 10.1 Å². The molecule has 6 nitrogen and oxygen atoms in total. The molecule has 0 aliphatic rings. The largest absolute Gasteiger partial charge is 0.411 e. The number of carbonyl (C=O) groups excluding carboxylic acids is 1. The maximum absolute atomic E-state index is 12.5. The number of nitrogens with one attached hydrogen (secondary N) is 1. The minimum Gasteiger partial charge on any atom is -0.367 e. The van der Waals surface area contributed by atoms with E-state index in [0.29, 0.717) is 11.1 Å². The van der Waals surface area contributed by atoms with Crippen LogP contribution in [-0.4, -0.2) is 45.0 Å². The van der Waals surface area contributed by atoms with Crippen LogP contribution >= 0.6 is 0 Å². The van der Waals surface area contributed by atoms with Crippen molar-refractivity contribution < 1.29 is 31.1 Å². The number of halogens is 3. The van der Waals surface area contributed by atoms with Gasteiger partial charge in [0, 0.05) is 13.6 Å². The number of amides is 1. The predicted octanol–water partition coefficient (Wildman–Crippen LogP) is 3.01. The Kier molecular flexibility index (Phi) is 7.99. The first-order valence-electron chi connectivity index (χ1n) is 8.99. The number of aryl methyl sites for hydroxylation is 1. The van der Waals surface area contributed by atoms with E-state index in [2.05, 4.69) is 10.1 Å². The van der Waals surface area contributed by atoms with Gasteiger partial charge in [0.05, 0.1) is 18.0 Å². The summed E-state index contributed by atoms with van der Waals surface area (Å²) in [7, 11) is -2.46. The second kappa shape index (κ2) is 10.1. The molecule has 2 rings (SSSR count). The van der Waals surface area contributed by atoms with Crippen molar-refractivity contribution in [2.45, 2.75) is 31.1 Å². The molecule has 1 N–H and O–H groups in total. The molecule has 0 heterocycles. The highest BCUT2D eigenvalue weighted by Gasteiger charge is 2.27. The fourth-order valence-corrected chi connectivity index (χ4v) is 3.60. The number of sulfonamides is 1. The topological polar surface area (TPSA) is 75.7 Å².